The Labute approximate surface area is 132 Å². The lowest BCUT2D eigenvalue weighted by Crippen LogP contribution is -2.18. The zero-order valence-electron chi connectivity index (χ0n) is 13.2. The van der Waals surface area contributed by atoms with Crippen molar-refractivity contribution in [2.75, 3.05) is 20.1 Å². The van der Waals surface area contributed by atoms with Crippen LogP contribution in [0.3, 0.4) is 0 Å². The Balaban J connectivity index is 1.82. The van der Waals surface area contributed by atoms with Gasteiger partial charge in [-0.2, -0.15) is 0 Å². The molecule has 21 heavy (non-hydrogen) atoms. The number of aryl methyl sites for hydroxylation is 1. The molecule has 0 unspecified atom stereocenters. The van der Waals surface area contributed by atoms with Crippen LogP contribution in [0.4, 0.5) is 0 Å². The van der Waals surface area contributed by atoms with Crippen LogP contribution in [-0.2, 0) is 19.5 Å². The summed E-state index contributed by atoms with van der Waals surface area (Å²) in [6.07, 6.45) is 1.10. The quantitative estimate of drug-likeness (QED) is 0.759. The molecule has 1 N–H and O–H groups in total. The van der Waals surface area contributed by atoms with Crippen LogP contribution in [0.15, 0.2) is 29.6 Å². The maximum absolute atomic E-state index is 4.52. The molecule has 0 aliphatic carbocycles. The van der Waals surface area contributed by atoms with E-state index in [1.165, 1.54) is 16.8 Å². The summed E-state index contributed by atoms with van der Waals surface area (Å²) in [5.74, 6) is 0. The van der Waals surface area contributed by atoms with Gasteiger partial charge in [-0.05, 0) is 44.6 Å². The van der Waals surface area contributed by atoms with Gasteiger partial charge in [0.2, 0.25) is 0 Å². The Morgan fingerprint density at radius 2 is 1.86 bits per heavy atom. The molecule has 0 atom stereocenters. The molecule has 0 fully saturated rings. The fourth-order valence-corrected chi connectivity index (χ4v) is 2.95. The van der Waals surface area contributed by atoms with Crippen molar-refractivity contribution >= 4 is 11.3 Å². The average Bonchev–Trinajstić information content (AvgIpc) is 2.86. The fourth-order valence-electron chi connectivity index (χ4n) is 2.35. The third kappa shape index (κ3) is 5.58. The SMILES string of the molecule is CCNCCc1ccc(CN(C)Cc2csc(C)n2)cc1. The van der Waals surface area contributed by atoms with E-state index in [1.807, 2.05) is 0 Å². The van der Waals surface area contributed by atoms with Crippen molar-refractivity contribution in [2.24, 2.45) is 0 Å². The third-order valence-corrected chi connectivity index (χ3v) is 4.24. The first-order valence-electron chi connectivity index (χ1n) is 7.55. The number of nitrogens with zero attached hydrogens (tertiary/aromatic N) is 2. The van der Waals surface area contributed by atoms with Gasteiger partial charge in [-0.1, -0.05) is 31.2 Å². The summed E-state index contributed by atoms with van der Waals surface area (Å²) in [5.41, 5.74) is 3.93. The first-order chi connectivity index (χ1) is 10.2. The topological polar surface area (TPSA) is 28.2 Å². The van der Waals surface area contributed by atoms with Crippen LogP contribution >= 0.6 is 11.3 Å². The summed E-state index contributed by atoms with van der Waals surface area (Å²) in [7, 11) is 2.15. The van der Waals surface area contributed by atoms with Crippen molar-refractivity contribution in [1.82, 2.24) is 15.2 Å². The molecular weight excluding hydrogens is 278 g/mol. The standard InChI is InChI=1S/C17H25N3S/c1-4-18-10-9-15-5-7-16(8-6-15)11-20(3)12-17-13-21-14(2)19-17/h5-8,13,18H,4,9-12H2,1-3H3. The van der Waals surface area contributed by atoms with E-state index in [-0.39, 0.29) is 0 Å². The van der Waals surface area contributed by atoms with Crippen LogP contribution in [0, 0.1) is 6.92 Å². The highest BCUT2D eigenvalue weighted by atomic mass is 32.1. The van der Waals surface area contributed by atoms with E-state index < -0.39 is 0 Å². The molecule has 3 nitrogen and oxygen atoms in total. The van der Waals surface area contributed by atoms with Crippen LogP contribution < -0.4 is 5.32 Å². The Kier molecular flexibility index (Phi) is 6.36. The van der Waals surface area contributed by atoms with Crippen LogP contribution in [-0.4, -0.2) is 30.0 Å². The van der Waals surface area contributed by atoms with Gasteiger partial charge < -0.3 is 5.32 Å². The molecule has 2 aromatic rings. The number of likely N-dealkylation sites (N-methyl/N-ethyl adjacent to an activating group) is 1. The van der Waals surface area contributed by atoms with Crippen molar-refractivity contribution < 1.29 is 0 Å². The molecule has 0 aliphatic rings. The van der Waals surface area contributed by atoms with Crippen molar-refractivity contribution in [3.05, 3.63) is 51.5 Å². The molecule has 0 saturated carbocycles. The number of hydrogen-bond acceptors (Lipinski definition) is 4. The normalized spacial score (nSPS) is 11.2. The van der Waals surface area contributed by atoms with Crippen LogP contribution in [0.2, 0.25) is 0 Å². The van der Waals surface area contributed by atoms with Crippen LogP contribution in [0.25, 0.3) is 0 Å². The predicted molar refractivity (Wildman–Crippen MR) is 90.7 cm³/mol. The minimum absolute atomic E-state index is 0.909. The van der Waals surface area contributed by atoms with Crippen LogP contribution in [0.1, 0.15) is 28.8 Å². The van der Waals surface area contributed by atoms with Gasteiger partial charge >= 0.3 is 0 Å². The van der Waals surface area contributed by atoms with E-state index in [0.29, 0.717) is 0 Å². The molecule has 1 heterocycles. The number of rotatable bonds is 8. The lowest BCUT2D eigenvalue weighted by molar-refractivity contribution is 0.315. The third-order valence-electron chi connectivity index (χ3n) is 3.41. The highest BCUT2D eigenvalue weighted by Crippen LogP contribution is 2.12. The Hall–Kier alpha value is -1.23. The van der Waals surface area contributed by atoms with Gasteiger partial charge in [0.25, 0.3) is 0 Å². The maximum atomic E-state index is 4.52. The number of thiazole rings is 1. The first kappa shape index (κ1) is 16.1. The van der Waals surface area contributed by atoms with Gasteiger partial charge in [0.1, 0.15) is 0 Å². The van der Waals surface area contributed by atoms with Gasteiger partial charge in [0.15, 0.2) is 0 Å². The molecule has 0 radical (unpaired) electrons. The number of nitrogens with one attached hydrogen (secondary N) is 1. The highest BCUT2D eigenvalue weighted by molar-refractivity contribution is 7.09. The molecule has 2 rings (SSSR count). The average molecular weight is 303 g/mol. The second kappa shape index (κ2) is 8.27. The Bertz CT molecular complexity index is 533. The summed E-state index contributed by atoms with van der Waals surface area (Å²) < 4.78 is 0. The predicted octanol–water partition coefficient (Wildman–Crippen LogP) is 3.24. The molecule has 114 valence electrons. The van der Waals surface area contributed by atoms with E-state index in [4.69, 9.17) is 0 Å². The number of benzene rings is 1. The van der Waals surface area contributed by atoms with Gasteiger partial charge in [-0.25, -0.2) is 4.98 Å². The fraction of sp³-hybridized carbons (Fsp3) is 0.471. The number of hydrogen-bond donors (Lipinski definition) is 1. The van der Waals surface area contributed by atoms with Gasteiger partial charge in [-0.15, -0.1) is 11.3 Å². The summed E-state index contributed by atoms with van der Waals surface area (Å²) in [6.45, 7) is 8.16. The molecule has 1 aromatic carbocycles. The lowest BCUT2D eigenvalue weighted by Gasteiger charge is -2.15. The second-order valence-corrected chi connectivity index (χ2v) is 6.51. The summed E-state index contributed by atoms with van der Waals surface area (Å²) in [4.78, 5) is 6.83. The Morgan fingerprint density at radius 1 is 1.14 bits per heavy atom. The van der Waals surface area contributed by atoms with E-state index >= 15 is 0 Å². The summed E-state index contributed by atoms with van der Waals surface area (Å²) in [5, 5.41) is 6.65. The smallest absolute Gasteiger partial charge is 0.0897 e. The maximum Gasteiger partial charge on any atom is 0.0897 e. The van der Waals surface area contributed by atoms with Gasteiger partial charge in [-0.3, -0.25) is 4.90 Å². The van der Waals surface area contributed by atoms with Crippen LogP contribution in [0.5, 0.6) is 0 Å². The zero-order valence-corrected chi connectivity index (χ0v) is 14.0. The highest BCUT2D eigenvalue weighted by Gasteiger charge is 2.04. The molecule has 0 aliphatic heterocycles. The number of aromatic nitrogens is 1. The monoisotopic (exact) mass is 303 g/mol. The molecule has 1 aromatic heterocycles. The Morgan fingerprint density at radius 3 is 2.48 bits per heavy atom. The zero-order chi connectivity index (χ0) is 15.1. The second-order valence-electron chi connectivity index (χ2n) is 5.45. The summed E-state index contributed by atoms with van der Waals surface area (Å²) in [6, 6.07) is 8.97. The molecule has 0 spiro atoms. The first-order valence-corrected chi connectivity index (χ1v) is 8.43. The van der Waals surface area contributed by atoms with E-state index in [2.05, 4.69) is 65.7 Å². The van der Waals surface area contributed by atoms with Crippen molar-refractivity contribution in [3.8, 4) is 0 Å². The minimum Gasteiger partial charge on any atom is -0.317 e. The van der Waals surface area contributed by atoms with E-state index in [0.717, 1.165) is 37.6 Å². The molecule has 4 heteroatoms. The van der Waals surface area contributed by atoms with Gasteiger partial charge in [0.05, 0.1) is 10.7 Å². The summed E-state index contributed by atoms with van der Waals surface area (Å²) >= 11 is 1.72. The van der Waals surface area contributed by atoms with Crippen molar-refractivity contribution in [2.45, 2.75) is 33.4 Å². The van der Waals surface area contributed by atoms with E-state index in [9.17, 15) is 0 Å². The van der Waals surface area contributed by atoms with Crippen molar-refractivity contribution in [1.29, 1.82) is 0 Å². The lowest BCUT2D eigenvalue weighted by atomic mass is 10.1. The van der Waals surface area contributed by atoms with Crippen molar-refractivity contribution in [3.63, 3.8) is 0 Å². The largest absolute Gasteiger partial charge is 0.317 e. The molecule has 0 saturated heterocycles. The van der Waals surface area contributed by atoms with E-state index in [1.54, 1.807) is 11.3 Å². The molecule has 0 bridgehead atoms. The minimum atomic E-state index is 0.909. The van der Waals surface area contributed by atoms with Gasteiger partial charge in [0, 0.05) is 18.5 Å². The molecule has 0 amide bonds. The molecular formula is C17H25N3S.